The maximum atomic E-state index is 12.6. The van der Waals surface area contributed by atoms with Gasteiger partial charge in [0.25, 0.3) is 0 Å². The van der Waals surface area contributed by atoms with Crippen molar-refractivity contribution in [2.24, 2.45) is 5.92 Å². The first-order valence-corrected chi connectivity index (χ1v) is 9.58. The lowest BCUT2D eigenvalue weighted by molar-refractivity contribution is -0.139. The molecule has 0 aliphatic carbocycles. The Morgan fingerprint density at radius 1 is 1.16 bits per heavy atom. The summed E-state index contributed by atoms with van der Waals surface area (Å²) in [6, 6.07) is 11.3. The Balaban J connectivity index is 1.43. The molecule has 2 heterocycles. The molecule has 0 aromatic heterocycles. The maximum Gasteiger partial charge on any atom is 0.222 e. The average Bonchev–Trinajstić information content (AvgIpc) is 2.97. The van der Waals surface area contributed by atoms with Crippen molar-refractivity contribution in [2.45, 2.75) is 57.7 Å². The van der Waals surface area contributed by atoms with Gasteiger partial charge in [0.15, 0.2) is 0 Å². The van der Waals surface area contributed by atoms with Crippen LogP contribution in [0.25, 0.3) is 0 Å². The van der Waals surface area contributed by atoms with Gasteiger partial charge in [-0.3, -0.25) is 15.6 Å². The molecule has 2 aliphatic heterocycles. The number of morpholine rings is 1. The van der Waals surface area contributed by atoms with Gasteiger partial charge in [0.05, 0.1) is 12.7 Å². The number of benzene rings is 1. The highest BCUT2D eigenvalue weighted by Gasteiger charge is 2.31. The zero-order chi connectivity index (χ0) is 17.6. The molecular formula is C20H31N3O2. The standard InChI is InChI=1S/C20H31N3O2/c1-15-19(16(2)22-21-15)10-11-20(24)23-12-13-25-18(14-23)9-8-17-6-4-3-5-7-17/h3-7,15-16,18-19,21-22H,8-14H2,1-2H3. The second kappa shape index (κ2) is 8.79. The molecule has 0 spiro atoms. The van der Waals surface area contributed by atoms with Gasteiger partial charge in [-0.05, 0) is 44.6 Å². The first-order chi connectivity index (χ1) is 12.1. The minimum absolute atomic E-state index is 0.158. The molecule has 1 aromatic rings. The molecule has 1 aromatic carbocycles. The minimum atomic E-state index is 0.158. The Bertz CT molecular complexity index is 541. The van der Waals surface area contributed by atoms with E-state index in [0.717, 1.165) is 32.4 Å². The highest BCUT2D eigenvalue weighted by molar-refractivity contribution is 5.76. The van der Waals surface area contributed by atoms with Crippen LogP contribution in [0, 0.1) is 5.92 Å². The molecule has 138 valence electrons. The van der Waals surface area contributed by atoms with Crippen molar-refractivity contribution in [3.8, 4) is 0 Å². The van der Waals surface area contributed by atoms with Crippen LogP contribution in [0.5, 0.6) is 0 Å². The van der Waals surface area contributed by atoms with E-state index in [1.54, 1.807) is 0 Å². The fourth-order valence-electron chi connectivity index (χ4n) is 3.95. The molecule has 2 saturated heterocycles. The lowest BCUT2D eigenvalue weighted by atomic mass is 9.91. The Morgan fingerprint density at radius 2 is 1.88 bits per heavy atom. The van der Waals surface area contributed by atoms with E-state index in [1.165, 1.54) is 5.56 Å². The van der Waals surface area contributed by atoms with E-state index in [0.29, 0.717) is 31.0 Å². The molecule has 3 atom stereocenters. The van der Waals surface area contributed by atoms with Gasteiger partial charge in [-0.15, -0.1) is 0 Å². The molecule has 2 N–H and O–H groups in total. The van der Waals surface area contributed by atoms with E-state index in [-0.39, 0.29) is 12.0 Å². The van der Waals surface area contributed by atoms with E-state index >= 15 is 0 Å². The fraction of sp³-hybridized carbons (Fsp3) is 0.650. The van der Waals surface area contributed by atoms with Crippen LogP contribution in [0.3, 0.4) is 0 Å². The van der Waals surface area contributed by atoms with Gasteiger partial charge in [0, 0.05) is 31.6 Å². The summed E-state index contributed by atoms with van der Waals surface area (Å²) in [4.78, 5) is 14.6. The third kappa shape index (κ3) is 5.03. The summed E-state index contributed by atoms with van der Waals surface area (Å²) in [6.07, 6.45) is 3.70. The second-order valence-corrected chi connectivity index (χ2v) is 7.43. The number of hydrogen-bond donors (Lipinski definition) is 2. The smallest absolute Gasteiger partial charge is 0.222 e. The van der Waals surface area contributed by atoms with Gasteiger partial charge in [-0.1, -0.05) is 30.3 Å². The van der Waals surface area contributed by atoms with Gasteiger partial charge in [-0.25, -0.2) is 0 Å². The zero-order valence-electron chi connectivity index (χ0n) is 15.4. The van der Waals surface area contributed by atoms with Gasteiger partial charge >= 0.3 is 0 Å². The van der Waals surface area contributed by atoms with Gasteiger partial charge < -0.3 is 9.64 Å². The molecule has 2 aliphatic rings. The molecule has 0 saturated carbocycles. The van der Waals surface area contributed by atoms with E-state index in [4.69, 9.17) is 4.74 Å². The molecular weight excluding hydrogens is 314 g/mol. The number of rotatable bonds is 6. The third-order valence-corrected chi connectivity index (χ3v) is 5.60. The maximum absolute atomic E-state index is 12.6. The first-order valence-electron chi connectivity index (χ1n) is 9.58. The highest BCUT2D eigenvalue weighted by atomic mass is 16.5. The number of carbonyl (C=O) groups excluding carboxylic acids is 1. The van der Waals surface area contributed by atoms with Crippen molar-refractivity contribution in [1.29, 1.82) is 0 Å². The molecule has 0 radical (unpaired) electrons. The first kappa shape index (κ1) is 18.4. The largest absolute Gasteiger partial charge is 0.375 e. The fourth-order valence-corrected chi connectivity index (χ4v) is 3.95. The summed E-state index contributed by atoms with van der Waals surface area (Å²) < 4.78 is 5.88. The predicted octanol–water partition coefficient (Wildman–Crippen LogP) is 2.13. The number of carbonyl (C=O) groups is 1. The number of ether oxygens (including phenoxy) is 1. The van der Waals surface area contributed by atoms with Crippen LogP contribution in [0.2, 0.25) is 0 Å². The number of hydrazine groups is 1. The molecule has 3 rings (SSSR count). The molecule has 1 amide bonds. The van der Waals surface area contributed by atoms with Crippen molar-refractivity contribution in [3.05, 3.63) is 35.9 Å². The molecule has 2 fully saturated rings. The zero-order valence-corrected chi connectivity index (χ0v) is 15.4. The predicted molar refractivity (Wildman–Crippen MR) is 99.0 cm³/mol. The number of aryl methyl sites for hydroxylation is 1. The number of hydrogen-bond acceptors (Lipinski definition) is 4. The summed E-state index contributed by atoms with van der Waals surface area (Å²) in [7, 11) is 0. The highest BCUT2D eigenvalue weighted by Crippen LogP contribution is 2.21. The van der Waals surface area contributed by atoms with Gasteiger partial charge in [-0.2, -0.15) is 0 Å². The molecule has 25 heavy (non-hydrogen) atoms. The summed E-state index contributed by atoms with van der Waals surface area (Å²) >= 11 is 0. The third-order valence-electron chi connectivity index (χ3n) is 5.60. The van der Waals surface area contributed by atoms with E-state index in [1.807, 2.05) is 11.0 Å². The summed E-state index contributed by atoms with van der Waals surface area (Å²) in [5.41, 5.74) is 7.87. The summed E-state index contributed by atoms with van der Waals surface area (Å²) in [5.74, 6) is 0.790. The summed E-state index contributed by atoms with van der Waals surface area (Å²) in [5, 5.41) is 0. The van der Waals surface area contributed by atoms with Crippen molar-refractivity contribution in [2.75, 3.05) is 19.7 Å². The van der Waals surface area contributed by atoms with E-state index in [2.05, 4.69) is 49.0 Å². The SMILES string of the molecule is CC1NNC(C)C1CCC(=O)N1CCOC(CCc2ccccc2)C1. The van der Waals surface area contributed by atoms with Crippen LogP contribution in [0.1, 0.15) is 38.7 Å². The monoisotopic (exact) mass is 345 g/mol. The quantitative estimate of drug-likeness (QED) is 0.829. The Labute approximate surface area is 151 Å². The van der Waals surface area contributed by atoms with E-state index in [9.17, 15) is 4.79 Å². The molecule has 5 nitrogen and oxygen atoms in total. The minimum Gasteiger partial charge on any atom is -0.375 e. The molecule has 3 unspecified atom stereocenters. The summed E-state index contributed by atoms with van der Waals surface area (Å²) in [6.45, 7) is 6.48. The van der Waals surface area contributed by atoms with Gasteiger partial charge in [0.1, 0.15) is 0 Å². The average molecular weight is 345 g/mol. The van der Waals surface area contributed by atoms with Crippen LogP contribution >= 0.6 is 0 Å². The van der Waals surface area contributed by atoms with Crippen LogP contribution < -0.4 is 10.9 Å². The van der Waals surface area contributed by atoms with Crippen molar-refractivity contribution >= 4 is 5.91 Å². The molecule has 0 bridgehead atoms. The van der Waals surface area contributed by atoms with Crippen molar-refractivity contribution in [1.82, 2.24) is 15.8 Å². The van der Waals surface area contributed by atoms with Crippen molar-refractivity contribution < 1.29 is 9.53 Å². The van der Waals surface area contributed by atoms with Crippen molar-refractivity contribution in [3.63, 3.8) is 0 Å². The Kier molecular flexibility index (Phi) is 6.45. The van der Waals surface area contributed by atoms with E-state index < -0.39 is 0 Å². The lowest BCUT2D eigenvalue weighted by Gasteiger charge is -2.33. The topological polar surface area (TPSA) is 53.6 Å². The van der Waals surface area contributed by atoms with Gasteiger partial charge in [0.2, 0.25) is 5.91 Å². The normalized spacial score (nSPS) is 29.8. The number of nitrogens with one attached hydrogen (secondary N) is 2. The number of amides is 1. The number of nitrogens with zero attached hydrogens (tertiary/aromatic N) is 1. The lowest BCUT2D eigenvalue weighted by Crippen LogP contribution is -2.46. The van der Waals surface area contributed by atoms with Crippen LogP contribution in [0.4, 0.5) is 0 Å². The van der Waals surface area contributed by atoms with Crippen LogP contribution in [-0.4, -0.2) is 48.7 Å². The van der Waals surface area contributed by atoms with Crippen LogP contribution in [-0.2, 0) is 16.0 Å². The van der Waals surface area contributed by atoms with Crippen LogP contribution in [0.15, 0.2) is 30.3 Å². The Morgan fingerprint density at radius 3 is 2.60 bits per heavy atom. The Hall–Kier alpha value is -1.43. The molecule has 5 heteroatoms. The second-order valence-electron chi connectivity index (χ2n) is 7.43.